The number of carbonyl (C=O) groups excluding carboxylic acids is 1. The van der Waals surface area contributed by atoms with Crippen LogP contribution in [0.4, 0.5) is 30.5 Å². The van der Waals surface area contributed by atoms with Gasteiger partial charge in [-0.25, -0.2) is 15.0 Å². The number of halogens is 3. The molecular formula is C28H22F3N7O. The predicted octanol–water partition coefficient (Wildman–Crippen LogP) is 6.36. The molecule has 0 radical (unpaired) electrons. The van der Waals surface area contributed by atoms with Gasteiger partial charge in [0.05, 0.1) is 31.5 Å². The van der Waals surface area contributed by atoms with Crippen molar-refractivity contribution in [2.45, 2.75) is 20.0 Å². The first-order valence-corrected chi connectivity index (χ1v) is 11.0. The summed E-state index contributed by atoms with van der Waals surface area (Å²) in [7, 11) is 0. The summed E-state index contributed by atoms with van der Waals surface area (Å²) in [5.41, 5.74) is -3.91. The summed E-state index contributed by atoms with van der Waals surface area (Å²) >= 11 is 0. The first kappa shape index (κ1) is 16.0. The van der Waals surface area contributed by atoms with E-state index in [1.165, 1.54) is 30.6 Å². The molecule has 0 spiro atoms. The lowest BCUT2D eigenvalue weighted by Gasteiger charge is -2.14. The van der Waals surface area contributed by atoms with Gasteiger partial charge >= 0.3 is 6.18 Å². The summed E-state index contributed by atoms with van der Waals surface area (Å²) in [6.45, 7) is -1.42. The highest BCUT2D eigenvalue weighted by Crippen LogP contribution is 2.33. The van der Waals surface area contributed by atoms with Gasteiger partial charge in [-0.3, -0.25) is 9.78 Å². The molecule has 0 saturated carbocycles. The number of imidazole rings is 1. The van der Waals surface area contributed by atoms with Crippen LogP contribution in [0.2, 0.25) is 0 Å². The van der Waals surface area contributed by atoms with E-state index >= 15 is 0 Å². The standard InChI is InChI=1S/C28H22F3N7O/c1-17-5-6-19(10-25(17)37-27-33-9-7-24(36-27)20-4-3-8-32-14-20)26(39)35-22-11-21(28(29,30)31)12-23(13-22)38-15-18(2)34-16-38/h3-16H,1-2H3,(H,35,39)(H,33,36,37)/i2D3,7D,9D,11D,12D,13D,15D,16D. The Labute approximate surface area is 235 Å². The number of alkyl halides is 3. The summed E-state index contributed by atoms with van der Waals surface area (Å²) in [5.74, 6) is -1.23. The number of benzene rings is 2. The molecule has 0 aliphatic heterocycles. The summed E-state index contributed by atoms with van der Waals surface area (Å²) in [6, 6.07) is 2.96. The Bertz CT molecular complexity index is 2120. The number of aromatic nitrogens is 5. The molecule has 8 nitrogen and oxygen atoms in total. The van der Waals surface area contributed by atoms with E-state index in [1.54, 1.807) is 19.1 Å². The smallest absolute Gasteiger partial charge is 0.324 e. The molecule has 2 aromatic carbocycles. The number of hydrogen-bond donors (Lipinski definition) is 2. The quantitative estimate of drug-likeness (QED) is 0.261. The first-order valence-electron chi connectivity index (χ1n) is 16.0. The van der Waals surface area contributed by atoms with Crippen LogP contribution in [-0.4, -0.2) is 30.4 Å². The van der Waals surface area contributed by atoms with Crippen LogP contribution in [0.1, 0.15) is 40.9 Å². The van der Waals surface area contributed by atoms with Gasteiger partial charge in [-0.2, -0.15) is 13.2 Å². The van der Waals surface area contributed by atoms with Crippen molar-refractivity contribution < 1.29 is 31.7 Å². The highest BCUT2D eigenvalue weighted by atomic mass is 19.4. The maximum atomic E-state index is 14.2. The molecule has 196 valence electrons. The minimum Gasteiger partial charge on any atom is -0.324 e. The molecule has 5 aromatic rings. The summed E-state index contributed by atoms with van der Waals surface area (Å²) in [6.07, 6.45) is -4.97. The summed E-state index contributed by atoms with van der Waals surface area (Å²) in [4.78, 5) is 29.1. The Morgan fingerprint density at radius 3 is 2.77 bits per heavy atom. The van der Waals surface area contributed by atoms with Crippen molar-refractivity contribution in [3.63, 3.8) is 0 Å². The second-order valence-electron chi connectivity index (χ2n) is 7.96. The molecule has 0 aliphatic carbocycles. The van der Waals surface area contributed by atoms with Gasteiger partial charge in [-0.1, -0.05) is 6.07 Å². The number of rotatable bonds is 6. The van der Waals surface area contributed by atoms with Crippen LogP contribution in [0.3, 0.4) is 0 Å². The highest BCUT2D eigenvalue weighted by Gasteiger charge is 2.31. The number of anilines is 3. The Hall–Kier alpha value is -5.06. The van der Waals surface area contributed by atoms with Crippen molar-refractivity contribution in [2.24, 2.45) is 0 Å². The third kappa shape index (κ3) is 5.93. The normalized spacial score (nSPS) is 15.3. The SMILES string of the molecule is [2H]c1nc(Nc2cc(C(=O)Nc3c([2H])c(-n4c([2H])nc(C([2H])([2H])[2H])c4[2H])c([2H])c(C(F)(F)F)c3[2H])ccc2C)nc(-c2cccnc2)c1[2H]. The molecule has 0 saturated heterocycles. The van der Waals surface area contributed by atoms with E-state index in [2.05, 4.69) is 30.6 Å². The Morgan fingerprint density at radius 1 is 1.15 bits per heavy atom. The molecular weight excluding hydrogens is 507 g/mol. The lowest BCUT2D eigenvalue weighted by Crippen LogP contribution is -2.14. The molecule has 1 amide bonds. The van der Waals surface area contributed by atoms with Gasteiger partial charge < -0.3 is 15.2 Å². The van der Waals surface area contributed by atoms with Crippen LogP contribution in [0.5, 0.6) is 0 Å². The van der Waals surface area contributed by atoms with Crippen LogP contribution in [-0.2, 0) is 6.18 Å². The van der Waals surface area contributed by atoms with Crippen molar-refractivity contribution in [3.8, 4) is 16.9 Å². The second-order valence-corrected chi connectivity index (χ2v) is 7.96. The number of amides is 1. The molecule has 2 N–H and O–H groups in total. The van der Waals surface area contributed by atoms with Gasteiger partial charge in [-0.05, 0) is 67.8 Å². The Morgan fingerprint density at radius 2 is 2.03 bits per heavy atom. The van der Waals surface area contributed by atoms with Crippen LogP contribution < -0.4 is 10.6 Å². The number of pyridine rings is 1. The molecule has 5 rings (SSSR count). The minimum atomic E-state index is -5.38. The van der Waals surface area contributed by atoms with Gasteiger partial charge in [0.15, 0.2) is 0 Å². The zero-order valence-electron chi connectivity index (χ0n) is 29.8. The zero-order chi connectivity index (χ0) is 36.2. The Kier molecular flexibility index (Phi) is 4.26. The zero-order valence-corrected chi connectivity index (χ0v) is 19.8. The third-order valence-electron chi connectivity index (χ3n) is 5.20. The number of hydrogen-bond acceptors (Lipinski definition) is 6. The molecule has 39 heavy (non-hydrogen) atoms. The average Bonchev–Trinajstić information content (AvgIpc) is 3.31. The monoisotopic (exact) mass is 539 g/mol. The fourth-order valence-electron chi connectivity index (χ4n) is 3.33. The van der Waals surface area contributed by atoms with Gasteiger partial charge in [0, 0.05) is 57.0 Å². The fraction of sp³-hybridized carbons (Fsp3) is 0.107. The molecule has 0 fully saturated rings. The Balaban J connectivity index is 1.57. The molecule has 0 aliphatic rings. The molecule has 3 heterocycles. The predicted molar refractivity (Wildman–Crippen MR) is 141 cm³/mol. The minimum absolute atomic E-state index is 0.0952. The fourth-order valence-corrected chi connectivity index (χ4v) is 3.33. The number of nitrogens with zero attached hydrogens (tertiary/aromatic N) is 5. The van der Waals surface area contributed by atoms with Crippen molar-refractivity contribution in [2.75, 3.05) is 10.6 Å². The van der Waals surface area contributed by atoms with E-state index in [-0.39, 0.29) is 33.5 Å². The molecule has 0 unspecified atom stereocenters. The molecule has 0 bridgehead atoms. The van der Waals surface area contributed by atoms with Crippen LogP contribution >= 0.6 is 0 Å². The molecule has 0 atom stereocenters. The third-order valence-corrected chi connectivity index (χ3v) is 5.20. The van der Waals surface area contributed by atoms with Crippen LogP contribution in [0, 0.1) is 13.8 Å². The van der Waals surface area contributed by atoms with Gasteiger partial charge in [0.1, 0.15) is 1.37 Å². The van der Waals surface area contributed by atoms with Gasteiger partial charge in [0.25, 0.3) is 5.91 Å². The van der Waals surface area contributed by atoms with Gasteiger partial charge in [-0.15, -0.1) is 0 Å². The van der Waals surface area contributed by atoms with Crippen molar-refractivity contribution >= 4 is 23.2 Å². The van der Waals surface area contributed by atoms with E-state index in [0.29, 0.717) is 11.1 Å². The van der Waals surface area contributed by atoms with Crippen molar-refractivity contribution in [1.82, 2.24) is 24.5 Å². The highest BCUT2D eigenvalue weighted by molar-refractivity contribution is 6.05. The lowest BCUT2D eigenvalue weighted by molar-refractivity contribution is -0.137. The second kappa shape index (κ2) is 10.4. The van der Waals surface area contributed by atoms with Crippen molar-refractivity contribution in [1.29, 1.82) is 0 Å². The first-order chi connectivity index (χ1) is 22.8. The van der Waals surface area contributed by atoms with Crippen molar-refractivity contribution in [3.05, 3.63) is 108 Å². The number of carbonyl (C=O) groups is 1. The molecule has 11 heteroatoms. The maximum absolute atomic E-state index is 14.2. The summed E-state index contributed by atoms with van der Waals surface area (Å²) in [5, 5.41) is 4.95. The molecule has 3 aromatic heterocycles. The largest absolute Gasteiger partial charge is 0.416 e. The van der Waals surface area contributed by atoms with E-state index in [9.17, 15) is 18.0 Å². The summed E-state index contributed by atoms with van der Waals surface area (Å²) < 4.78 is 123. The van der Waals surface area contributed by atoms with E-state index in [1.807, 2.05) is 0 Å². The number of aryl methyl sites for hydroxylation is 2. The maximum Gasteiger partial charge on any atom is 0.416 e. The lowest BCUT2D eigenvalue weighted by atomic mass is 10.1. The van der Waals surface area contributed by atoms with E-state index < -0.39 is 78.3 Å². The average molecular weight is 540 g/mol. The van der Waals surface area contributed by atoms with E-state index in [0.717, 1.165) is 0 Å². The van der Waals surface area contributed by atoms with E-state index in [4.69, 9.17) is 13.7 Å². The van der Waals surface area contributed by atoms with Crippen LogP contribution in [0.25, 0.3) is 16.9 Å². The topological polar surface area (TPSA) is 97.6 Å². The van der Waals surface area contributed by atoms with Crippen LogP contribution in [0.15, 0.2) is 85.5 Å². The number of nitrogens with one attached hydrogen (secondary N) is 2. The van der Waals surface area contributed by atoms with Gasteiger partial charge in [0.2, 0.25) is 5.95 Å².